The van der Waals surface area contributed by atoms with E-state index in [-0.39, 0.29) is 36.3 Å². The number of halogens is 2. The van der Waals surface area contributed by atoms with E-state index in [0.29, 0.717) is 17.3 Å². The average Bonchev–Trinajstić information content (AvgIpc) is 3.20. The van der Waals surface area contributed by atoms with Crippen LogP contribution in [-0.4, -0.2) is 40.7 Å². The maximum Gasteiger partial charge on any atom is 0.169 e. The molecule has 4 atom stereocenters. The molecule has 2 aliphatic carbocycles. The van der Waals surface area contributed by atoms with E-state index in [1.807, 2.05) is 25.1 Å². The van der Waals surface area contributed by atoms with E-state index in [2.05, 4.69) is 10.3 Å². The number of Topliss-reactive ketones (excluding diaryl/α,β-unsaturated/α-hetero) is 1. The van der Waals surface area contributed by atoms with Gasteiger partial charge in [0.25, 0.3) is 0 Å². The number of benzene rings is 1. The number of hydrogen-bond acceptors (Lipinski definition) is 4. The second-order valence-corrected chi connectivity index (χ2v) is 8.07. The molecule has 0 aliphatic heterocycles. The predicted octanol–water partition coefficient (Wildman–Crippen LogP) is 3.70. The van der Waals surface area contributed by atoms with Gasteiger partial charge in [0.15, 0.2) is 5.78 Å². The van der Waals surface area contributed by atoms with Crippen LogP contribution >= 0.6 is 24.0 Å². The zero-order chi connectivity index (χ0) is 19.0. The average molecular weight is 425 g/mol. The molecule has 0 amide bonds. The van der Waals surface area contributed by atoms with Crippen molar-refractivity contribution in [2.45, 2.75) is 50.9 Å². The summed E-state index contributed by atoms with van der Waals surface area (Å²) in [5.41, 5.74) is 2.93. The monoisotopic (exact) mass is 424 g/mol. The van der Waals surface area contributed by atoms with Gasteiger partial charge < -0.3 is 20.1 Å². The van der Waals surface area contributed by atoms with Gasteiger partial charge in [0.1, 0.15) is 18.0 Å². The van der Waals surface area contributed by atoms with E-state index in [0.717, 1.165) is 42.6 Å². The van der Waals surface area contributed by atoms with E-state index >= 15 is 0 Å². The molecule has 7 heteroatoms. The van der Waals surface area contributed by atoms with Crippen molar-refractivity contribution in [2.75, 3.05) is 6.54 Å². The topological polar surface area (TPSA) is 74.3 Å². The normalized spacial score (nSPS) is 26.6. The number of fused-ring (bicyclic) bond motifs is 1. The number of hydrogen-bond donors (Lipinski definition) is 3. The van der Waals surface area contributed by atoms with E-state index in [1.54, 1.807) is 12.1 Å². The van der Waals surface area contributed by atoms with Gasteiger partial charge in [0.05, 0.1) is 0 Å². The SMILES string of the molecule is Cc1cc2c([nH]1)CCC(CNC1CCC(Oc3ccc(Cl)cc3)C1O)C2=O.Cl. The Morgan fingerprint density at radius 3 is 2.75 bits per heavy atom. The number of nitrogens with one attached hydrogen (secondary N) is 2. The third-order valence-electron chi connectivity index (χ3n) is 5.70. The number of ketones is 1. The number of aromatic amines is 1. The van der Waals surface area contributed by atoms with Crippen molar-refractivity contribution < 1.29 is 14.6 Å². The fraction of sp³-hybridized carbons (Fsp3) is 0.476. The van der Waals surface area contributed by atoms with E-state index in [1.165, 1.54) is 0 Å². The molecule has 28 heavy (non-hydrogen) atoms. The Labute approximate surface area is 176 Å². The largest absolute Gasteiger partial charge is 0.488 e. The quantitative estimate of drug-likeness (QED) is 0.683. The third kappa shape index (κ3) is 4.38. The highest BCUT2D eigenvalue weighted by Gasteiger charge is 2.37. The highest BCUT2D eigenvalue weighted by molar-refractivity contribution is 6.30. The first-order chi connectivity index (χ1) is 13.0. The second kappa shape index (κ2) is 8.87. The summed E-state index contributed by atoms with van der Waals surface area (Å²) in [6, 6.07) is 9.08. The summed E-state index contributed by atoms with van der Waals surface area (Å²) in [5, 5.41) is 14.7. The number of aryl methyl sites for hydroxylation is 2. The summed E-state index contributed by atoms with van der Waals surface area (Å²) < 4.78 is 5.92. The molecule has 1 aromatic carbocycles. The molecule has 4 unspecified atom stereocenters. The van der Waals surface area contributed by atoms with Gasteiger partial charge >= 0.3 is 0 Å². The molecule has 0 radical (unpaired) electrons. The zero-order valence-corrected chi connectivity index (χ0v) is 17.4. The molecule has 2 aromatic rings. The Kier molecular flexibility index (Phi) is 6.71. The number of aromatic nitrogens is 1. The van der Waals surface area contributed by atoms with E-state index < -0.39 is 6.10 Å². The highest BCUT2D eigenvalue weighted by Crippen LogP contribution is 2.28. The lowest BCUT2D eigenvalue weighted by Crippen LogP contribution is -2.44. The van der Waals surface area contributed by atoms with Crippen LogP contribution in [-0.2, 0) is 6.42 Å². The van der Waals surface area contributed by atoms with Crippen LogP contribution in [0.2, 0.25) is 5.02 Å². The molecule has 1 fully saturated rings. The molecule has 1 aromatic heterocycles. The number of rotatable bonds is 5. The summed E-state index contributed by atoms with van der Waals surface area (Å²) in [7, 11) is 0. The molecule has 1 saturated carbocycles. The Balaban J connectivity index is 0.00000225. The number of aliphatic hydroxyl groups excluding tert-OH is 1. The lowest BCUT2D eigenvalue weighted by Gasteiger charge is -2.25. The molecular weight excluding hydrogens is 399 g/mol. The van der Waals surface area contributed by atoms with Gasteiger partial charge in [-0.25, -0.2) is 0 Å². The molecular formula is C21H26Cl2N2O3. The molecule has 0 bridgehead atoms. The maximum atomic E-state index is 12.7. The van der Waals surface area contributed by atoms with Crippen LogP contribution in [0.4, 0.5) is 0 Å². The lowest BCUT2D eigenvalue weighted by atomic mass is 9.86. The van der Waals surface area contributed by atoms with Crippen LogP contribution in [0.1, 0.15) is 41.0 Å². The minimum atomic E-state index is -0.593. The van der Waals surface area contributed by atoms with Gasteiger partial charge in [-0.3, -0.25) is 4.79 Å². The van der Waals surface area contributed by atoms with Crippen LogP contribution in [0, 0.1) is 12.8 Å². The molecule has 3 N–H and O–H groups in total. The minimum Gasteiger partial charge on any atom is -0.488 e. The van der Waals surface area contributed by atoms with Crippen molar-refractivity contribution >= 4 is 29.8 Å². The Morgan fingerprint density at radius 1 is 1.25 bits per heavy atom. The first-order valence-electron chi connectivity index (χ1n) is 9.57. The smallest absolute Gasteiger partial charge is 0.169 e. The van der Waals surface area contributed by atoms with Gasteiger partial charge in [-0.15, -0.1) is 12.4 Å². The zero-order valence-electron chi connectivity index (χ0n) is 15.8. The number of carbonyl (C=O) groups excluding carboxylic acids is 1. The summed E-state index contributed by atoms with van der Waals surface area (Å²) >= 11 is 5.90. The molecule has 152 valence electrons. The van der Waals surface area contributed by atoms with Crippen molar-refractivity contribution in [1.29, 1.82) is 0 Å². The minimum absolute atomic E-state index is 0. The Hall–Kier alpha value is -1.53. The summed E-state index contributed by atoms with van der Waals surface area (Å²) in [4.78, 5) is 16.0. The van der Waals surface area contributed by atoms with Crippen molar-refractivity contribution in [1.82, 2.24) is 10.3 Å². The summed E-state index contributed by atoms with van der Waals surface area (Å²) in [6.07, 6.45) is 2.51. The fourth-order valence-corrected chi connectivity index (χ4v) is 4.33. The van der Waals surface area contributed by atoms with Gasteiger partial charge in [-0.05, 0) is 62.9 Å². The van der Waals surface area contributed by atoms with Crippen LogP contribution in [0.25, 0.3) is 0 Å². The van der Waals surface area contributed by atoms with Crippen molar-refractivity contribution in [2.24, 2.45) is 5.92 Å². The summed E-state index contributed by atoms with van der Waals surface area (Å²) in [5.74, 6) is 0.882. The maximum absolute atomic E-state index is 12.7. The molecule has 5 nitrogen and oxygen atoms in total. The molecule has 0 saturated heterocycles. The van der Waals surface area contributed by atoms with Crippen LogP contribution < -0.4 is 10.1 Å². The summed E-state index contributed by atoms with van der Waals surface area (Å²) in [6.45, 7) is 2.58. The highest BCUT2D eigenvalue weighted by atomic mass is 35.5. The predicted molar refractivity (Wildman–Crippen MR) is 112 cm³/mol. The van der Waals surface area contributed by atoms with Crippen molar-refractivity contribution in [3.8, 4) is 5.75 Å². The molecule has 4 rings (SSSR count). The van der Waals surface area contributed by atoms with E-state index in [4.69, 9.17) is 16.3 Å². The number of aliphatic hydroxyl groups is 1. The standard InChI is InChI=1S/C21H25ClN2O3.ClH/c1-12-10-16-17(24-12)7-2-13(20(16)25)11-23-18-8-9-19(21(18)26)27-15-5-3-14(22)4-6-15;/h3-6,10,13,18-19,21,23-24,26H,2,7-9,11H2,1H3;1H. The molecule has 1 heterocycles. The van der Waals surface area contributed by atoms with Gasteiger partial charge in [-0.1, -0.05) is 11.6 Å². The number of carbonyl (C=O) groups is 1. The lowest BCUT2D eigenvalue weighted by molar-refractivity contribution is 0.0441. The first kappa shape index (κ1) is 21.2. The Morgan fingerprint density at radius 2 is 2.00 bits per heavy atom. The third-order valence-corrected chi connectivity index (χ3v) is 5.95. The molecule has 0 spiro atoms. The van der Waals surface area contributed by atoms with Gasteiger partial charge in [0.2, 0.25) is 0 Å². The fourth-order valence-electron chi connectivity index (χ4n) is 4.20. The number of H-pyrrole nitrogens is 1. The van der Waals surface area contributed by atoms with Crippen LogP contribution in [0.15, 0.2) is 30.3 Å². The van der Waals surface area contributed by atoms with Gasteiger partial charge in [0, 0.05) is 40.5 Å². The first-order valence-corrected chi connectivity index (χ1v) is 9.95. The number of ether oxygens (including phenoxy) is 1. The van der Waals surface area contributed by atoms with Crippen molar-refractivity contribution in [3.05, 3.63) is 52.3 Å². The van der Waals surface area contributed by atoms with Crippen LogP contribution in [0.5, 0.6) is 5.75 Å². The van der Waals surface area contributed by atoms with E-state index in [9.17, 15) is 9.90 Å². The molecule has 2 aliphatic rings. The van der Waals surface area contributed by atoms with Crippen molar-refractivity contribution in [3.63, 3.8) is 0 Å². The Bertz CT molecular complexity index is 822. The van der Waals surface area contributed by atoms with Crippen LogP contribution in [0.3, 0.4) is 0 Å². The van der Waals surface area contributed by atoms with Gasteiger partial charge in [-0.2, -0.15) is 0 Å². The second-order valence-electron chi connectivity index (χ2n) is 7.64.